The molecule has 1 saturated carbocycles. The van der Waals surface area contributed by atoms with Crippen molar-refractivity contribution in [3.8, 4) is 0 Å². The van der Waals surface area contributed by atoms with Gasteiger partial charge in [-0.15, -0.1) is 13.2 Å². The fraction of sp³-hybridized carbons (Fsp3) is 0.696. The fourth-order valence-electron chi connectivity index (χ4n) is 2.70. The number of esters is 1. The van der Waals surface area contributed by atoms with Crippen molar-refractivity contribution in [1.29, 1.82) is 0 Å². The van der Waals surface area contributed by atoms with E-state index in [1.807, 2.05) is 0 Å². The number of rotatable bonds is 13. The van der Waals surface area contributed by atoms with Crippen molar-refractivity contribution in [3.63, 3.8) is 0 Å². The van der Waals surface area contributed by atoms with Gasteiger partial charge in [-0.05, 0) is 38.0 Å². The van der Waals surface area contributed by atoms with Gasteiger partial charge >= 0.3 is 5.97 Å². The molecule has 0 atom stereocenters. The van der Waals surface area contributed by atoms with Crippen molar-refractivity contribution < 1.29 is 19.0 Å². The summed E-state index contributed by atoms with van der Waals surface area (Å²) < 4.78 is 15.6. The number of hydrogen-bond donors (Lipinski definition) is 0. The number of carbonyl (C=O) groups is 1. The van der Waals surface area contributed by atoms with Crippen LogP contribution in [0.5, 0.6) is 0 Å². The van der Waals surface area contributed by atoms with Crippen molar-refractivity contribution in [2.75, 3.05) is 33.0 Å². The Bertz CT molecular complexity index is 409. The average molecular weight is 381 g/mol. The van der Waals surface area contributed by atoms with Gasteiger partial charge in [0.25, 0.3) is 0 Å². The Labute approximate surface area is 166 Å². The highest BCUT2D eigenvalue weighted by molar-refractivity contribution is 5.72. The van der Waals surface area contributed by atoms with Gasteiger partial charge in [0.15, 0.2) is 0 Å². The van der Waals surface area contributed by atoms with Gasteiger partial charge in [0.05, 0.1) is 19.6 Å². The highest BCUT2D eigenvalue weighted by Gasteiger charge is 2.14. The molecule has 0 aromatic heterocycles. The third kappa shape index (κ3) is 17.8. The van der Waals surface area contributed by atoms with Crippen LogP contribution in [0.4, 0.5) is 0 Å². The maximum Gasteiger partial charge on any atom is 0.309 e. The molecule has 0 heterocycles. The van der Waals surface area contributed by atoms with Gasteiger partial charge < -0.3 is 14.2 Å². The fourth-order valence-corrected chi connectivity index (χ4v) is 2.70. The minimum Gasteiger partial charge on any atom is -0.465 e. The molecule has 1 aliphatic rings. The van der Waals surface area contributed by atoms with E-state index in [1.54, 1.807) is 13.0 Å². The van der Waals surface area contributed by atoms with Crippen LogP contribution < -0.4 is 0 Å². The first-order valence-electron chi connectivity index (χ1n) is 10.2. The van der Waals surface area contributed by atoms with E-state index in [0.717, 1.165) is 30.3 Å². The maximum absolute atomic E-state index is 11.1. The zero-order valence-corrected chi connectivity index (χ0v) is 17.5. The summed E-state index contributed by atoms with van der Waals surface area (Å²) in [5, 5.41) is 0. The van der Waals surface area contributed by atoms with Crippen LogP contribution in [0.3, 0.4) is 0 Å². The standard InChI is InChI=1S/C14H24O4.C9H16/c1-4-7-16-8-5-9-17-10-6-11-18-14(15)12-13(2)3;1-3-9-6-4-8(2)5-7-9/h4H,1-2,5-12H2,3H3;3,8-9H,1,4-7H2,2H3. The second-order valence-electron chi connectivity index (χ2n) is 7.29. The first-order chi connectivity index (χ1) is 13.0. The van der Waals surface area contributed by atoms with E-state index in [9.17, 15) is 4.79 Å². The molecule has 1 rings (SSSR count). The molecule has 27 heavy (non-hydrogen) atoms. The van der Waals surface area contributed by atoms with Crippen LogP contribution in [0.2, 0.25) is 0 Å². The molecule has 0 radical (unpaired) electrons. The summed E-state index contributed by atoms with van der Waals surface area (Å²) in [6.07, 6.45) is 11.3. The monoisotopic (exact) mass is 380 g/mol. The first-order valence-corrected chi connectivity index (χ1v) is 10.2. The lowest BCUT2D eigenvalue weighted by atomic mass is 9.83. The van der Waals surface area contributed by atoms with Crippen LogP contribution in [0.25, 0.3) is 0 Å². The number of hydrogen-bond acceptors (Lipinski definition) is 4. The Morgan fingerprint density at radius 2 is 1.59 bits per heavy atom. The van der Waals surface area contributed by atoms with E-state index in [1.165, 1.54) is 25.7 Å². The van der Waals surface area contributed by atoms with Crippen LogP contribution in [-0.4, -0.2) is 39.0 Å². The normalized spacial score (nSPS) is 18.7. The van der Waals surface area contributed by atoms with Gasteiger partial charge in [-0.3, -0.25) is 4.79 Å². The van der Waals surface area contributed by atoms with Crippen molar-refractivity contribution in [3.05, 3.63) is 37.5 Å². The molecule has 156 valence electrons. The number of carbonyl (C=O) groups excluding carboxylic acids is 1. The lowest BCUT2D eigenvalue weighted by molar-refractivity contribution is -0.143. The van der Waals surface area contributed by atoms with Crippen LogP contribution in [0.15, 0.2) is 37.5 Å². The average Bonchev–Trinajstić information content (AvgIpc) is 2.64. The van der Waals surface area contributed by atoms with Gasteiger partial charge in [0.2, 0.25) is 0 Å². The Kier molecular flexibility index (Phi) is 17.1. The van der Waals surface area contributed by atoms with E-state index >= 15 is 0 Å². The van der Waals surface area contributed by atoms with Gasteiger partial charge in [-0.1, -0.05) is 44.1 Å². The van der Waals surface area contributed by atoms with Gasteiger partial charge in [0, 0.05) is 26.2 Å². The van der Waals surface area contributed by atoms with Crippen LogP contribution in [0, 0.1) is 11.8 Å². The second kappa shape index (κ2) is 18.0. The van der Waals surface area contributed by atoms with Crippen molar-refractivity contribution in [2.45, 2.75) is 58.8 Å². The molecule has 0 spiro atoms. The molecular weight excluding hydrogens is 340 g/mol. The zero-order chi connectivity index (χ0) is 20.3. The van der Waals surface area contributed by atoms with Gasteiger partial charge in [0.1, 0.15) is 0 Å². The minimum atomic E-state index is -0.222. The quantitative estimate of drug-likeness (QED) is 0.241. The SMILES string of the molecule is C=CC1CCC(C)CC1.C=CCOCCCOCCCOC(=O)CC(=C)C. The molecule has 0 aromatic carbocycles. The summed E-state index contributed by atoms with van der Waals surface area (Å²) >= 11 is 0. The van der Waals surface area contributed by atoms with Gasteiger partial charge in [-0.2, -0.15) is 0 Å². The molecule has 0 saturated heterocycles. The first kappa shape index (κ1) is 25.6. The molecular formula is C23H40O4. The minimum absolute atomic E-state index is 0.222. The molecule has 0 amide bonds. The summed E-state index contributed by atoms with van der Waals surface area (Å²) in [6, 6.07) is 0. The summed E-state index contributed by atoms with van der Waals surface area (Å²) in [6.45, 7) is 18.1. The van der Waals surface area contributed by atoms with E-state index < -0.39 is 0 Å². The van der Waals surface area contributed by atoms with E-state index in [0.29, 0.717) is 39.5 Å². The van der Waals surface area contributed by atoms with Crippen molar-refractivity contribution >= 4 is 5.97 Å². The number of ether oxygens (including phenoxy) is 3. The predicted molar refractivity (Wildman–Crippen MR) is 113 cm³/mol. The Hall–Kier alpha value is -1.39. The molecule has 0 aromatic rings. The Morgan fingerprint density at radius 3 is 2.15 bits per heavy atom. The molecule has 0 aliphatic heterocycles. The molecule has 4 heteroatoms. The molecule has 0 bridgehead atoms. The van der Waals surface area contributed by atoms with Crippen LogP contribution >= 0.6 is 0 Å². The third-order valence-electron chi connectivity index (χ3n) is 4.35. The largest absolute Gasteiger partial charge is 0.465 e. The maximum atomic E-state index is 11.1. The Balaban J connectivity index is 0.000000621. The smallest absolute Gasteiger partial charge is 0.309 e. The zero-order valence-electron chi connectivity index (χ0n) is 17.5. The summed E-state index contributed by atoms with van der Waals surface area (Å²) in [7, 11) is 0. The molecule has 0 unspecified atom stereocenters. The molecule has 1 fully saturated rings. The molecule has 0 N–H and O–H groups in total. The summed E-state index contributed by atoms with van der Waals surface area (Å²) in [5.74, 6) is 1.59. The lowest BCUT2D eigenvalue weighted by Gasteiger charge is -2.23. The summed E-state index contributed by atoms with van der Waals surface area (Å²) in [5.41, 5.74) is 0.816. The van der Waals surface area contributed by atoms with Crippen LogP contribution in [0.1, 0.15) is 58.8 Å². The van der Waals surface area contributed by atoms with E-state index in [4.69, 9.17) is 14.2 Å². The third-order valence-corrected chi connectivity index (χ3v) is 4.35. The predicted octanol–water partition coefficient (Wildman–Crippen LogP) is 5.49. The van der Waals surface area contributed by atoms with Crippen molar-refractivity contribution in [2.24, 2.45) is 11.8 Å². The highest BCUT2D eigenvalue weighted by atomic mass is 16.5. The summed E-state index contributed by atoms with van der Waals surface area (Å²) in [4.78, 5) is 11.1. The highest BCUT2D eigenvalue weighted by Crippen LogP contribution is 2.28. The lowest BCUT2D eigenvalue weighted by Crippen LogP contribution is -2.09. The van der Waals surface area contributed by atoms with E-state index in [2.05, 4.69) is 32.7 Å². The van der Waals surface area contributed by atoms with E-state index in [-0.39, 0.29) is 5.97 Å². The number of allylic oxidation sites excluding steroid dienone is 1. The van der Waals surface area contributed by atoms with Crippen LogP contribution in [-0.2, 0) is 19.0 Å². The van der Waals surface area contributed by atoms with Gasteiger partial charge in [-0.25, -0.2) is 0 Å². The van der Waals surface area contributed by atoms with Crippen molar-refractivity contribution in [1.82, 2.24) is 0 Å². The molecule has 1 aliphatic carbocycles. The topological polar surface area (TPSA) is 44.8 Å². The Morgan fingerprint density at radius 1 is 1.00 bits per heavy atom. The second-order valence-corrected chi connectivity index (χ2v) is 7.29. The molecule has 4 nitrogen and oxygen atoms in total.